The topological polar surface area (TPSA) is 74.2 Å². The lowest BCUT2D eigenvalue weighted by Crippen LogP contribution is -2.49. The monoisotopic (exact) mass is 388 g/mol. The Labute approximate surface area is 170 Å². The first kappa shape index (κ1) is 18.9. The van der Waals surface area contributed by atoms with Gasteiger partial charge in [-0.1, -0.05) is 23.8 Å². The van der Waals surface area contributed by atoms with Crippen LogP contribution in [-0.2, 0) is 0 Å². The number of hydrogen-bond acceptors (Lipinski definition) is 6. The normalized spacial score (nSPS) is 14.0. The van der Waals surface area contributed by atoms with Gasteiger partial charge in [0, 0.05) is 44.0 Å². The van der Waals surface area contributed by atoms with Crippen molar-refractivity contribution >= 4 is 23.4 Å². The Morgan fingerprint density at radius 3 is 2.48 bits per heavy atom. The van der Waals surface area contributed by atoms with Gasteiger partial charge in [-0.05, 0) is 37.6 Å². The molecule has 29 heavy (non-hydrogen) atoms. The molecule has 7 nitrogen and oxygen atoms in total. The predicted octanol–water partition coefficient (Wildman–Crippen LogP) is 3.19. The smallest absolute Gasteiger partial charge is 0.254 e. The van der Waals surface area contributed by atoms with Gasteiger partial charge in [0.2, 0.25) is 0 Å². The van der Waals surface area contributed by atoms with Crippen LogP contribution in [0.5, 0.6) is 0 Å². The van der Waals surface area contributed by atoms with Crippen molar-refractivity contribution < 1.29 is 4.79 Å². The average Bonchev–Trinajstić information content (AvgIpc) is 2.74. The third-order valence-corrected chi connectivity index (χ3v) is 5.08. The largest absolute Gasteiger partial charge is 0.353 e. The molecule has 3 aromatic rings. The summed E-state index contributed by atoms with van der Waals surface area (Å²) in [6.45, 7) is 6.83. The van der Waals surface area contributed by atoms with Gasteiger partial charge in [-0.25, -0.2) is 15.0 Å². The van der Waals surface area contributed by atoms with Gasteiger partial charge in [0.05, 0.1) is 0 Å². The van der Waals surface area contributed by atoms with Crippen LogP contribution in [0.25, 0.3) is 0 Å². The third kappa shape index (κ3) is 4.34. The molecule has 0 unspecified atom stereocenters. The summed E-state index contributed by atoms with van der Waals surface area (Å²) in [6.07, 6.45) is 3.28. The number of amides is 1. The van der Waals surface area contributed by atoms with Gasteiger partial charge in [0.25, 0.3) is 5.91 Å². The second kappa shape index (κ2) is 8.26. The number of pyridine rings is 1. The van der Waals surface area contributed by atoms with Crippen LogP contribution in [-0.4, -0.2) is 51.9 Å². The van der Waals surface area contributed by atoms with E-state index in [-0.39, 0.29) is 5.91 Å². The summed E-state index contributed by atoms with van der Waals surface area (Å²) in [5.74, 6) is 2.38. The maximum Gasteiger partial charge on any atom is 0.254 e. The van der Waals surface area contributed by atoms with Crippen LogP contribution in [0, 0.1) is 13.8 Å². The van der Waals surface area contributed by atoms with Crippen LogP contribution in [0.3, 0.4) is 0 Å². The van der Waals surface area contributed by atoms with Gasteiger partial charge >= 0.3 is 0 Å². The first-order valence-corrected chi connectivity index (χ1v) is 9.72. The first-order valence-electron chi connectivity index (χ1n) is 9.72. The standard InChI is InChI=1S/C22H24N6O/c1-16-6-7-18(17(2)13-16)22(29)28-11-9-27(10-12-28)21-14-20(24-15-25-21)26-19-5-3-4-8-23-19/h3-8,13-15H,9-12H2,1-2H3,(H,23,24,25,26). The van der Waals surface area contributed by atoms with Crippen molar-refractivity contribution in [3.63, 3.8) is 0 Å². The molecule has 4 rings (SSSR count). The molecule has 0 saturated carbocycles. The fourth-order valence-corrected chi connectivity index (χ4v) is 3.52. The Kier molecular flexibility index (Phi) is 5.37. The van der Waals surface area contributed by atoms with E-state index in [2.05, 4.69) is 31.2 Å². The molecule has 1 saturated heterocycles. The quantitative estimate of drug-likeness (QED) is 0.740. The molecule has 1 N–H and O–H groups in total. The van der Waals surface area contributed by atoms with Crippen molar-refractivity contribution in [1.29, 1.82) is 0 Å². The van der Waals surface area contributed by atoms with E-state index in [1.807, 2.05) is 55.1 Å². The van der Waals surface area contributed by atoms with Gasteiger partial charge < -0.3 is 15.1 Å². The van der Waals surface area contributed by atoms with Crippen molar-refractivity contribution in [2.24, 2.45) is 0 Å². The first-order chi connectivity index (χ1) is 14.1. The van der Waals surface area contributed by atoms with E-state index in [1.165, 1.54) is 5.56 Å². The van der Waals surface area contributed by atoms with Gasteiger partial charge in [-0.2, -0.15) is 0 Å². The SMILES string of the molecule is Cc1ccc(C(=O)N2CCN(c3cc(Nc4ccccn4)ncn3)CC2)c(C)c1. The lowest BCUT2D eigenvalue weighted by molar-refractivity contribution is 0.0746. The fourth-order valence-electron chi connectivity index (χ4n) is 3.52. The highest BCUT2D eigenvalue weighted by atomic mass is 16.2. The molecule has 1 aromatic carbocycles. The van der Waals surface area contributed by atoms with Crippen molar-refractivity contribution in [2.75, 3.05) is 36.4 Å². The summed E-state index contributed by atoms with van der Waals surface area (Å²) in [5.41, 5.74) is 2.98. The number of carbonyl (C=O) groups is 1. The lowest BCUT2D eigenvalue weighted by atomic mass is 10.0. The summed E-state index contributed by atoms with van der Waals surface area (Å²) in [6, 6.07) is 13.6. The van der Waals surface area contributed by atoms with Crippen molar-refractivity contribution in [1.82, 2.24) is 19.9 Å². The molecule has 0 bridgehead atoms. The second-order valence-electron chi connectivity index (χ2n) is 7.20. The van der Waals surface area contributed by atoms with Crippen LogP contribution in [0.15, 0.2) is 55.0 Å². The van der Waals surface area contributed by atoms with Crippen LogP contribution >= 0.6 is 0 Å². The molecule has 148 valence electrons. The van der Waals surface area contributed by atoms with Crippen LogP contribution in [0.2, 0.25) is 0 Å². The predicted molar refractivity (Wildman–Crippen MR) is 114 cm³/mol. The highest BCUT2D eigenvalue weighted by Gasteiger charge is 2.24. The van der Waals surface area contributed by atoms with Gasteiger partial charge in [-0.3, -0.25) is 4.79 Å². The third-order valence-electron chi connectivity index (χ3n) is 5.08. The molecule has 0 aliphatic carbocycles. The number of piperazine rings is 1. The van der Waals surface area contributed by atoms with E-state index in [0.717, 1.165) is 35.9 Å². The molecule has 7 heteroatoms. The molecule has 3 heterocycles. The number of benzene rings is 1. The number of aromatic nitrogens is 3. The molecule has 1 aliphatic heterocycles. The molecule has 2 aromatic heterocycles. The number of aryl methyl sites for hydroxylation is 2. The van der Waals surface area contributed by atoms with E-state index in [4.69, 9.17) is 0 Å². The maximum absolute atomic E-state index is 12.9. The Hall–Kier alpha value is -3.48. The summed E-state index contributed by atoms with van der Waals surface area (Å²) in [5, 5.41) is 3.19. The Bertz CT molecular complexity index is 999. The highest BCUT2D eigenvalue weighted by molar-refractivity contribution is 5.95. The summed E-state index contributed by atoms with van der Waals surface area (Å²) in [7, 11) is 0. The number of anilines is 3. The Balaban J connectivity index is 1.40. The number of hydrogen-bond donors (Lipinski definition) is 1. The number of carbonyl (C=O) groups excluding carboxylic acids is 1. The molecule has 0 radical (unpaired) electrons. The molecular formula is C22H24N6O. The van der Waals surface area contributed by atoms with Crippen molar-refractivity contribution in [3.8, 4) is 0 Å². The van der Waals surface area contributed by atoms with Gasteiger partial charge in [0.15, 0.2) is 0 Å². The zero-order chi connectivity index (χ0) is 20.2. The molecule has 1 fully saturated rings. The van der Waals surface area contributed by atoms with E-state index in [1.54, 1.807) is 12.5 Å². The van der Waals surface area contributed by atoms with E-state index >= 15 is 0 Å². The molecule has 0 spiro atoms. The fraction of sp³-hybridized carbons (Fsp3) is 0.273. The average molecular weight is 388 g/mol. The molecule has 0 atom stereocenters. The zero-order valence-electron chi connectivity index (χ0n) is 16.7. The number of nitrogens with one attached hydrogen (secondary N) is 1. The number of rotatable bonds is 4. The molecular weight excluding hydrogens is 364 g/mol. The van der Waals surface area contributed by atoms with Crippen molar-refractivity contribution in [3.05, 3.63) is 71.7 Å². The highest BCUT2D eigenvalue weighted by Crippen LogP contribution is 2.20. The van der Waals surface area contributed by atoms with E-state index < -0.39 is 0 Å². The lowest BCUT2D eigenvalue weighted by Gasteiger charge is -2.35. The maximum atomic E-state index is 12.9. The van der Waals surface area contributed by atoms with Gasteiger partial charge in [-0.15, -0.1) is 0 Å². The minimum Gasteiger partial charge on any atom is -0.353 e. The van der Waals surface area contributed by atoms with Crippen LogP contribution in [0.4, 0.5) is 17.5 Å². The summed E-state index contributed by atoms with van der Waals surface area (Å²) in [4.78, 5) is 29.9. The molecule has 1 amide bonds. The zero-order valence-corrected chi connectivity index (χ0v) is 16.7. The van der Waals surface area contributed by atoms with E-state index in [9.17, 15) is 4.79 Å². The minimum absolute atomic E-state index is 0.0994. The Morgan fingerprint density at radius 2 is 1.76 bits per heavy atom. The van der Waals surface area contributed by atoms with Crippen molar-refractivity contribution in [2.45, 2.75) is 13.8 Å². The van der Waals surface area contributed by atoms with Gasteiger partial charge in [0.1, 0.15) is 23.8 Å². The Morgan fingerprint density at radius 1 is 0.931 bits per heavy atom. The van der Waals surface area contributed by atoms with Crippen LogP contribution < -0.4 is 10.2 Å². The second-order valence-corrected chi connectivity index (χ2v) is 7.20. The summed E-state index contributed by atoms with van der Waals surface area (Å²) >= 11 is 0. The number of nitrogens with zero attached hydrogens (tertiary/aromatic N) is 5. The van der Waals surface area contributed by atoms with Crippen LogP contribution in [0.1, 0.15) is 21.5 Å². The minimum atomic E-state index is 0.0994. The molecule has 1 aliphatic rings. The summed E-state index contributed by atoms with van der Waals surface area (Å²) < 4.78 is 0. The van der Waals surface area contributed by atoms with E-state index in [0.29, 0.717) is 18.9 Å².